The summed E-state index contributed by atoms with van der Waals surface area (Å²) in [6, 6.07) is 5.74. The largest absolute Gasteiger partial charge is 0.497 e. The van der Waals surface area contributed by atoms with E-state index in [-0.39, 0.29) is 0 Å². The van der Waals surface area contributed by atoms with Gasteiger partial charge in [-0.05, 0) is 12.1 Å². The summed E-state index contributed by atoms with van der Waals surface area (Å²) in [7, 11) is 3.28. The summed E-state index contributed by atoms with van der Waals surface area (Å²) in [6.45, 7) is 0.664. The second-order valence-corrected chi connectivity index (χ2v) is 4.10. The molecule has 0 unspecified atom stereocenters. The molecular weight excluding hydrogens is 238 g/mol. The average Bonchev–Trinajstić information content (AvgIpc) is 2.89. The quantitative estimate of drug-likeness (QED) is 0.882. The first kappa shape index (κ1) is 11.7. The summed E-state index contributed by atoms with van der Waals surface area (Å²) in [5, 5.41) is 7.92. The summed E-state index contributed by atoms with van der Waals surface area (Å²) in [4.78, 5) is 0. The van der Waals surface area contributed by atoms with E-state index in [2.05, 4.69) is 14.9 Å². The van der Waals surface area contributed by atoms with E-state index in [1.807, 2.05) is 18.2 Å². The summed E-state index contributed by atoms with van der Waals surface area (Å²) < 4.78 is 14.2. The second-order valence-electron chi connectivity index (χ2n) is 3.31. The fourth-order valence-corrected chi connectivity index (χ4v) is 1.84. The van der Waals surface area contributed by atoms with Crippen molar-refractivity contribution in [2.45, 2.75) is 6.54 Å². The number of anilines is 1. The lowest BCUT2D eigenvalue weighted by Crippen LogP contribution is -2.00. The van der Waals surface area contributed by atoms with Crippen molar-refractivity contribution in [3.05, 3.63) is 30.0 Å². The van der Waals surface area contributed by atoms with E-state index in [0.717, 1.165) is 22.1 Å². The van der Waals surface area contributed by atoms with Gasteiger partial charge in [-0.1, -0.05) is 4.49 Å². The van der Waals surface area contributed by atoms with Crippen molar-refractivity contribution in [1.82, 2.24) is 9.59 Å². The maximum Gasteiger partial charge on any atom is 0.130 e. The Labute approximate surface area is 104 Å². The highest BCUT2D eigenvalue weighted by atomic mass is 32.1. The van der Waals surface area contributed by atoms with Crippen molar-refractivity contribution < 1.29 is 9.47 Å². The zero-order valence-electron chi connectivity index (χ0n) is 9.64. The van der Waals surface area contributed by atoms with Gasteiger partial charge in [0.2, 0.25) is 0 Å². The Morgan fingerprint density at radius 1 is 1.29 bits per heavy atom. The number of hydrogen-bond acceptors (Lipinski definition) is 6. The Morgan fingerprint density at radius 2 is 2.18 bits per heavy atom. The van der Waals surface area contributed by atoms with Crippen molar-refractivity contribution in [2.75, 3.05) is 19.5 Å². The minimum absolute atomic E-state index is 0.664. The molecule has 2 rings (SSSR count). The van der Waals surface area contributed by atoms with Gasteiger partial charge in [0.1, 0.15) is 16.5 Å². The lowest BCUT2D eigenvalue weighted by Gasteiger charge is -2.10. The number of nitrogens with one attached hydrogen (secondary N) is 1. The van der Waals surface area contributed by atoms with Crippen molar-refractivity contribution in [3.63, 3.8) is 0 Å². The highest BCUT2D eigenvalue weighted by molar-refractivity contribution is 7.09. The molecular formula is C11H13N3O2S. The molecule has 1 N–H and O–H groups in total. The normalized spacial score (nSPS) is 10.0. The Morgan fingerprint density at radius 3 is 2.82 bits per heavy atom. The fourth-order valence-electron chi connectivity index (χ4n) is 1.43. The first-order valence-electron chi connectivity index (χ1n) is 5.05. The number of rotatable bonds is 5. The molecule has 90 valence electrons. The first-order chi connectivity index (χ1) is 8.33. The highest BCUT2D eigenvalue weighted by Crippen LogP contribution is 2.25. The van der Waals surface area contributed by atoms with Gasteiger partial charge in [-0.3, -0.25) is 0 Å². The lowest BCUT2D eigenvalue weighted by molar-refractivity contribution is 0.391. The number of aromatic nitrogens is 2. The van der Waals surface area contributed by atoms with E-state index in [4.69, 9.17) is 9.47 Å². The molecule has 0 aliphatic rings. The van der Waals surface area contributed by atoms with Gasteiger partial charge >= 0.3 is 0 Å². The maximum atomic E-state index is 5.31. The van der Waals surface area contributed by atoms with E-state index in [1.54, 1.807) is 20.4 Å². The molecule has 0 aliphatic heterocycles. The first-order valence-corrected chi connectivity index (χ1v) is 5.83. The lowest BCUT2D eigenvalue weighted by atomic mass is 10.2. The van der Waals surface area contributed by atoms with Crippen LogP contribution < -0.4 is 14.8 Å². The molecule has 1 aromatic carbocycles. The molecule has 0 radical (unpaired) electrons. The average molecular weight is 251 g/mol. The van der Waals surface area contributed by atoms with Crippen LogP contribution in [-0.4, -0.2) is 23.8 Å². The van der Waals surface area contributed by atoms with Crippen LogP contribution in [0.2, 0.25) is 0 Å². The van der Waals surface area contributed by atoms with E-state index in [1.165, 1.54) is 11.5 Å². The summed E-state index contributed by atoms with van der Waals surface area (Å²) in [5.74, 6) is 1.58. The molecule has 2 aromatic rings. The van der Waals surface area contributed by atoms with Crippen LogP contribution in [-0.2, 0) is 6.54 Å². The summed E-state index contributed by atoms with van der Waals surface area (Å²) in [5.41, 5.74) is 1.06. The van der Waals surface area contributed by atoms with Gasteiger partial charge in [-0.2, -0.15) is 0 Å². The van der Waals surface area contributed by atoms with Gasteiger partial charge in [0, 0.05) is 29.7 Å². The number of benzene rings is 1. The Hall–Kier alpha value is -1.82. The molecule has 0 saturated carbocycles. The molecule has 1 aromatic heterocycles. The van der Waals surface area contributed by atoms with Crippen LogP contribution in [0.3, 0.4) is 0 Å². The zero-order valence-corrected chi connectivity index (χ0v) is 10.5. The molecule has 5 nitrogen and oxygen atoms in total. The molecule has 1 heterocycles. The number of ether oxygens (including phenoxy) is 2. The van der Waals surface area contributed by atoms with Crippen molar-refractivity contribution in [1.29, 1.82) is 0 Å². The minimum Gasteiger partial charge on any atom is -0.497 e. The third-order valence-electron chi connectivity index (χ3n) is 2.31. The van der Waals surface area contributed by atoms with Crippen LogP contribution in [0.25, 0.3) is 0 Å². The highest BCUT2D eigenvalue weighted by Gasteiger charge is 2.05. The van der Waals surface area contributed by atoms with E-state index >= 15 is 0 Å². The van der Waals surface area contributed by atoms with Crippen molar-refractivity contribution in [2.24, 2.45) is 0 Å². The van der Waals surface area contributed by atoms with Crippen LogP contribution in [0.5, 0.6) is 11.5 Å². The van der Waals surface area contributed by atoms with E-state index < -0.39 is 0 Å². The van der Waals surface area contributed by atoms with Gasteiger partial charge in [0.25, 0.3) is 0 Å². The third-order valence-corrected chi connectivity index (χ3v) is 2.93. The van der Waals surface area contributed by atoms with E-state index in [9.17, 15) is 0 Å². The smallest absolute Gasteiger partial charge is 0.130 e. The Bertz CT molecular complexity index is 474. The van der Waals surface area contributed by atoms with Gasteiger partial charge in [-0.25, -0.2) is 0 Å². The predicted molar refractivity (Wildman–Crippen MR) is 66.8 cm³/mol. The van der Waals surface area contributed by atoms with Crippen molar-refractivity contribution >= 4 is 16.5 Å². The van der Waals surface area contributed by atoms with Gasteiger partial charge in [0.05, 0.1) is 20.4 Å². The van der Waals surface area contributed by atoms with Crippen LogP contribution in [0.1, 0.15) is 5.56 Å². The molecule has 0 saturated heterocycles. The molecule has 0 fully saturated rings. The topological polar surface area (TPSA) is 56.3 Å². The molecule has 17 heavy (non-hydrogen) atoms. The minimum atomic E-state index is 0.664. The van der Waals surface area contributed by atoms with Crippen LogP contribution in [0, 0.1) is 0 Å². The van der Waals surface area contributed by atoms with Crippen LogP contribution in [0.4, 0.5) is 5.00 Å². The van der Waals surface area contributed by atoms with Crippen LogP contribution in [0.15, 0.2) is 24.4 Å². The summed E-state index contributed by atoms with van der Waals surface area (Å²) in [6.07, 6.45) is 1.70. The maximum absolute atomic E-state index is 5.31. The zero-order chi connectivity index (χ0) is 12.1. The van der Waals surface area contributed by atoms with Crippen molar-refractivity contribution in [3.8, 4) is 11.5 Å². The molecule has 0 atom stereocenters. The molecule has 0 bridgehead atoms. The van der Waals surface area contributed by atoms with Gasteiger partial charge < -0.3 is 14.8 Å². The predicted octanol–water partition coefficient (Wildman–Crippen LogP) is 2.17. The molecule has 0 spiro atoms. The third kappa shape index (κ3) is 2.85. The van der Waals surface area contributed by atoms with Gasteiger partial charge in [-0.15, -0.1) is 5.10 Å². The Balaban J connectivity index is 2.09. The number of hydrogen-bond donors (Lipinski definition) is 1. The van der Waals surface area contributed by atoms with Gasteiger partial charge in [0.15, 0.2) is 0 Å². The standard InChI is InChI=1S/C11H13N3O2S/c1-15-9-4-3-8(10(5-9)16-2)6-12-11-7-13-14-17-11/h3-5,7,12H,6H2,1-2H3. The van der Waals surface area contributed by atoms with E-state index in [0.29, 0.717) is 6.54 Å². The molecule has 0 aliphatic carbocycles. The molecule has 0 amide bonds. The fraction of sp³-hybridized carbons (Fsp3) is 0.273. The summed E-state index contributed by atoms with van der Waals surface area (Å²) >= 11 is 1.33. The van der Waals surface area contributed by atoms with Crippen LogP contribution >= 0.6 is 11.5 Å². The molecule has 6 heteroatoms. The number of nitrogens with zero attached hydrogens (tertiary/aromatic N) is 2. The Kier molecular flexibility index (Phi) is 3.77. The monoisotopic (exact) mass is 251 g/mol. The SMILES string of the molecule is COc1ccc(CNc2cnns2)c(OC)c1. The second kappa shape index (κ2) is 5.49. The number of methoxy groups -OCH3 is 2.